The van der Waals surface area contributed by atoms with Crippen molar-refractivity contribution in [3.05, 3.63) is 71.7 Å². The summed E-state index contributed by atoms with van der Waals surface area (Å²) in [6, 6.07) is 11.6. The van der Waals surface area contributed by atoms with E-state index in [1.165, 1.54) is 47.6 Å². The molecule has 0 atom stereocenters. The third-order valence-electron chi connectivity index (χ3n) is 6.37. The number of amides is 1. The van der Waals surface area contributed by atoms with Gasteiger partial charge in [-0.3, -0.25) is 14.2 Å². The van der Waals surface area contributed by atoms with Crippen LogP contribution in [0, 0.1) is 0 Å². The van der Waals surface area contributed by atoms with Gasteiger partial charge in [-0.05, 0) is 54.2 Å². The van der Waals surface area contributed by atoms with Gasteiger partial charge in [-0.1, -0.05) is 22.7 Å². The van der Waals surface area contributed by atoms with Crippen LogP contribution in [-0.4, -0.2) is 42.6 Å². The molecule has 3 aromatic heterocycles. The van der Waals surface area contributed by atoms with Gasteiger partial charge < -0.3 is 5.73 Å². The first-order chi connectivity index (χ1) is 16.8. The normalized spacial score (nSPS) is 12.5. The maximum absolute atomic E-state index is 13.0. The van der Waals surface area contributed by atoms with E-state index in [2.05, 4.69) is 39.6 Å². The molecule has 0 saturated heterocycles. The Bertz CT molecular complexity index is 1570. The average molecular weight is 472 g/mol. The van der Waals surface area contributed by atoms with Crippen LogP contribution in [-0.2, 0) is 26.9 Å². The van der Waals surface area contributed by atoms with Gasteiger partial charge in [0.15, 0.2) is 0 Å². The van der Waals surface area contributed by atoms with Gasteiger partial charge in [0, 0.05) is 43.9 Å². The average Bonchev–Trinajstić information content (AvgIpc) is 3.58. The first-order valence-corrected chi connectivity index (χ1v) is 11.4. The largest absolute Gasteiger partial charge is 0.383 e. The van der Waals surface area contributed by atoms with Crippen molar-refractivity contribution in [3.8, 4) is 11.1 Å². The molecule has 0 saturated carbocycles. The van der Waals surface area contributed by atoms with Crippen LogP contribution in [0.4, 0.5) is 10.3 Å². The van der Waals surface area contributed by atoms with Crippen molar-refractivity contribution in [2.24, 2.45) is 14.1 Å². The van der Waals surface area contributed by atoms with Gasteiger partial charge in [-0.2, -0.15) is 15.3 Å². The minimum atomic E-state index is -0.709. The Balaban J connectivity index is 0.000000151. The fourth-order valence-corrected chi connectivity index (χ4v) is 4.59. The highest BCUT2D eigenvalue weighted by atomic mass is 19.2. The Kier molecular flexibility index (Phi) is 5.68. The number of nitrogen functional groups attached to an aromatic ring is 1. The predicted octanol–water partition coefficient (Wildman–Crippen LogP) is 4.24. The van der Waals surface area contributed by atoms with E-state index < -0.39 is 5.91 Å². The standard InChI is InChI=1S/C13H12FN5O.C13H14N2/c1-18(14)13(20)7-3-4-10-8(5-7)11-9(12(15)17-10)6-16-19(11)2;1-15-9-13(8-14-15)12-6-5-10-3-2-4-11(10)7-12/h3-6H,1-2H3,(H2,15,17);5-9H,2-4H2,1H3. The molecule has 0 spiro atoms. The molecule has 2 aromatic carbocycles. The van der Waals surface area contributed by atoms with Crippen molar-refractivity contribution < 1.29 is 9.28 Å². The van der Waals surface area contributed by atoms with E-state index in [4.69, 9.17) is 5.73 Å². The van der Waals surface area contributed by atoms with Crippen LogP contribution in [0.25, 0.3) is 32.9 Å². The highest BCUT2D eigenvalue weighted by Gasteiger charge is 2.15. The van der Waals surface area contributed by atoms with Gasteiger partial charge in [-0.15, -0.1) is 0 Å². The van der Waals surface area contributed by atoms with Crippen LogP contribution in [0.3, 0.4) is 0 Å². The predicted molar refractivity (Wildman–Crippen MR) is 134 cm³/mol. The van der Waals surface area contributed by atoms with Gasteiger partial charge in [0.25, 0.3) is 5.91 Å². The van der Waals surface area contributed by atoms with Crippen molar-refractivity contribution in [3.63, 3.8) is 0 Å². The van der Waals surface area contributed by atoms with E-state index in [-0.39, 0.29) is 10.7 Å². The number of halogens is 1. The number of nitrogens with zero attached hydrogens (tertiary/aromatic N) is 6. The third-order valence-corrected chi connectivity index (χ3v) is 6.37. The summed E-state index contributed by atoms with van der Waals surface area (Å²) in [5.41, 5.74) is 13.1. The number of aromatic nitrogens is 5. The molecule has 0 bridgehead atoms. The quantitative estimate of drug-likeness (QED) is 0.389. The number of fused-ring (bicyclic) bond motifs is 4. The van der Waals surface area contributed by atoms with E-state index in [0.717, 1.165) is 12.6 Å². The smallest absolute Gasteiger partial charge is 0.281 e. The summed E-state index contributed by atoms with van der Waals surface area (Å²) in [4.78, 5) is 16.0. The second kappa shape index (κ2) is 8.83. The molecule has 35 heavy (non-hydrogen) atoms. The van der Waals surface area contributed by atoms with Crippen LogP contribution in [0.2, 0.25) is 0 Å². The summed E-state index contributed by atoms with van der Waals surface area (Å²) < 4.78 is 16.5. The lowest BCUT2D eigenvalue weighted by molar-refractivity contribution is 0.0343. The SMILES string of the molecule is CN(F)C(=O)c1ccc2nc(N)c3cnn(C)c3c2c1.Cn1cc(-c2ccc3c(c2)CCC3)cn1. The molecular formula is C26H26FN7O. The van der Waals surface area contributed by atoms with Crippen LogP contribution >= 0.6 is 0 Å². The monoisotopic (exact) mass is 471 g/mol. The Morgan fingerprint density at radius 3 is 2.54 bits per heavy atom. The number of benzene rings is 2. The molecule has 8 nitrogen and oxygen atoms in total. The Labute approximate surface area is 201 Å². The number of hydrogen-bond donors (Lipinski definition) is 1. The zero-order valence-electron chi connectivity index (χ0n) is 19.9. The highest BCUT2D eigenvalue weighted by molar-refractivity contribution is 6.10. The third kappa shape index (κ3) is 4.21. The number of rotatable bonds is 2. The lowest BCUT2D eigenvalue weighted by Gasteiger charge is -2.08. The number of anilines is 1. The van der Waals surface area contributed by atoms with Gasteiger partial charge in [-0.25, -0.2) is 4.98 Å². The number of aryl methyl sites for hydroxylation is 4. The maximum atomic E-state index is 13.0. The molecule has 2 N–H and O–H groups in total. The van der Waals surface area contributed by atoms with Crippen molar-refractivity contribution in [1.29, 1.82) is 0 Å². The molecule has 0 radical (unpaired) electrons. The second-order valence-electron chi connectivity index (χ2n) is 8.78. The molecule has 1 aliphatic carbocycles. The first kappa shape index (κ1) is 22.5. The molecule has 1 aliphatic rings. The van der Waals surface area contributed by atoms with Crippen LogP contribution in [0.1, 0.15) is 27.9 Å². The topological polar surface area (TPSA) is 94.9 Å². The second-order valence-corrected chi connectivity index (χ2v) is 8.78. The highest BCUT2D eigenvalue weighted by Crippen LogP contribution is 2.29. The zero-order valence-corrected chi connectivity index (χ0v) is 19.9. The minimum absolute atomic E-state index is 0.0480. The molecule has 9 heteroatoms. The van der Waals surface area contributed by atoms with E-state index in [9.17, 15) is 9.28 Å². The fourth-order valence-electron chi connectivity index (χ4n) is 4.59. The summed E-state index contributed by atoms with van der Waals surface area (Å²) in [6.45, 7) is 0. The summed E-state index contributed by atoms with van der Waals surface area (Å²) in [5.74, 6) is -0.332. The summed E-state index contributed by atoms with van der Waals surface area (Å²) >= 11 is 0. The van der Waals surface area contributed by atoms with E-state index in [1.807, 2.05) is 17.9 Å². The molecule has 0 aliphatic heterocycles. The van der Waals surface area contributed by atoms with Gasteiger partial charge >= 0.3 is 0 Å². The Morgan fingerprint density at radius 1 is 1.00 bits per heavy atom. The van der Waals surface area contributed by atoms with E-state index in [1.54, 1.807) is 30.1 Å². The fraction of sp³-hybridized carbons (Fsp3) is 0.231. The summed E-state index contributed by atoms with van der Waals surface area (Å²) in [7, 11) is 4.79. The minimum Gasteiger partial charge on any atom is -0.383 e. The molecule has 5 aromatic rings. The van der Waals surface area contributed by atoms with Crippen molar-refractivity contribution in [2.45, 2.75) is 19.3 Å². The van der Waals surface area contributed by atoms with E-state index in [0.29, 0.717) is 22.1 Å². The molecule has 1 amide bonds. The zero-order chi connectivity index (χ0) is 24.7. The number of carbonyl (C=O) groups excluding carboxylic acids is 1. The molecule has 3 heterocycles. The molecule has 178 valence electrons. The maximum Gasteiger partial charge on any atom is 0.281 e. The van der Waals surface area contributed by atoms with Crippen LogP contribution < -0.4 is 5.73 Å². The summed E-state index contributed by atoms with van der Waals surface area (Å²) in [5, 5.41) is 9.81. The van der Waals surface area contributed by atoms with Crippen molar-refractivity contribution in [1.82, 2.24) is 29.7 Å². The van der Waals surface area contributed by atoms with Crippen molar-refractivity contribution >= 4 is 33.5 Å². The molecular weight excluding hydrogens is 445 g/mol. The number of nitrogens with two attached hydrogens (primary N) is 1. The van der Waals surface area contributed by atoms with Gasteiger partial charge in [0.05, 0.1) is 28.8 Å². The first-order valence-electron chi connectivity index (χ1n) is 11.4. The number of hydrogen-bond acceptors (Lipinski definition) is 5. The molecule has 0 fully saturated rings. The van der Waals surface area contributed by atoms with Crippen molar-refractivity contribution in [2.75, 3.05) is 12.8 Å². The molecule has 6 rings (SSSR count). The number of carbonyl (C=O) groups is 1. The molecule has 0 unspecified atom stereocenters. The lowest BCUT2D eigenvalue weighted by Crippen LogP contribution is -2.17. The van der Waals surface area contributed by atoms with E-state index >= 15 is 0 Å². The van der Waals surface area contributed by atoms with Crippen LogP contribution in [0.15, 0.2) is 55.0 Å². The summed E-state index contributed by atoms with van der Waals surface area (Å²) in [6.07, 6.45) is 9.41. The number of pyridine rings is 1. The van der Waals surface area contributed by atoms with Gasteiger partial charge in [0.1, 0.15) is 5.82 Å². The van der Waals surface area contributed by atoms with Crippen LogP contribution in [0.5, 0.6) is 0 Å². The Hall–Kier alpha value is -4.27. The van der Waals surface area contributed by atoms with Gasteiger partial charge in [0.2, 0.25) is 0 Å². The lowest BCUT2D eigenvalue weighted by atomic mass is 10.0. The Morgan fingerprint density at radius 2 is 1.80 bits per heavy atom.